The molecule has 1 unspecified atom stereocenters. The monoisotopic (exact) mass is 503 g/mol. The normalized spacial score (nSPS) is 23.2. The van der Waals surface area contributed by atoms with Crippen molar-refractivity contribution in [3.63, 3.8) is 0 Å². The van der Waals surface area contributed by atoms with Crippen molar-refractivity contribution in [2.24, 2.45) is 0 Å². The number of nitrogens with zero attached hydrogens (tertiary/aromatic N) is 5. The van der Waals surface area contributed by atoms with Gasteiger partial charge in [0.2, 0.25) is 0 Å². The summed E-state index contributed by atoms with van der Waals surface area (Å²) in [4.78, 5) is 29.3. The molecule has 2 aliphatic heterocycles. The molecule has 174 valence electrons. The van der Waals surface area contributed by atoms with Crippen molar-refractivity contribution >= 4 is 57.8 Å². The number of pyridine rings is 1. The first-order valence-electron chi connectivity index (χ1n) is 10.2. The van der Waals surface area contributed by atoms with Crippen molar-refractivity contribution < 1.29 is 19.0 Å². The van der Waals surface area contributed by atoms with Crippen molar-refractivity contribution in [1.82, 2.24) is 19.9 Å². The van der Waals surface area contributed by atoms with Crippen LogP contribution in [0.2, 0.25) is 10.3 Å². The van der Waals surface area contributed by atoms with Gasteiger partial charge in [-0.3, -0.25) is 4.90 Å². The second kappa shape index (κ2) is 8.62. The molecule has 0 aromatic carbocycles. The Kier molecular flexibility index (Phi) is 6.34. The highest BCUT2D eigenvalue weighted by atomic mass is 35.5. The highest BCUT2D eigenvalue weighted by molar-refractivity contribution is 7.98. The molecule has 0 aliphatic carbocycles. The average Bonchev–Trinajstić information content (AvgIpc) is 3.04. The molecule has 1 N–H and O–H groups in total. The number of hydrogen-bond donors (Lipinski definition) is 1. The van der Waals surface area contributed by atoms with Crippen molar-refractivity contribution in [2.75, 3.05) is 24.3 Å². The van der Waals surface area contributed by atoms with Crippen LogP contribution in [-0.4, -0.2) is 74.2 Å². The third-order valence-electron chi connectivity index (χ3n) is 5.71. The second-order valence-corrected chi connectivity index (χ2v) is 10.3. The fraction of sp³-hybridized carbons (Fsp3) is 0.600. The van der Waals surface area contributed by atoms with Crippen molar-refractivity contribution in [3.8, 4) is 0 Å². The fourth-order valence-electron chi connectivity index (χ4n) is 4.47. The van der Waals surface area contributed by atoms with Crippen LogP contribution in [0, 0.1) is 5.82 Å². The SMILES string of the molecule is CSc1nc(N2C[C@H]3CC[C@@H](C2CO)N3C(=O)OC(C)(C)C)c2c(Cl)nc(Cl)c(F)c2n1. The maximum absolute atomic E-state index is 14.8. The van der Waals surface area contributed by atoms with Crippen LogP contribution in [0.15, 0.2) is 5.16 Å². The lowest BCUT2D eigenvalue weighted by Crippen LogP contribution is -2.63. The summed E-state index contributed by atoms with van der Waals surface area (Å²) in [6.45, 7) is 5.59. The van der Waals surface area contributed by atoms with Crippen LogP contribution >= 0.6 is 35.0 Å². The molecule has 3 atom stereocenters. The molecule has 4 heterocycles. The van der Waals surface area contributed by atoms with Gasteiger partial charge in [-0.15, -0.1) is 0 Å². The molecule has 2 bridgehead atoms. The van der Waals surface area contributed by atoms with Gasteiger partial charge in [0.05, 0.1) is 30.1 Å². The predicted molar refractivity (Wildman–Crippen MR) is 122 cm³/mol. The van der Waals surface area contributed by atoms with Gasteiger partial charge in [-0.05, 0) is 39.9 Å². The molecule has 12 heteroatoms. The standard InChI is InChI=1S/C20H24Cl2FN5O3S/c1-20(2,3)31-19(30)28-9-5-6-10(28)11(8-29)27(7-9)17-12-14(24-18(26-17)32-4)13(23)16(22)25-15(12)21/h9-11,29H,5-8H2,1-4H3/t9-,10+,11?/m1/s1. The maximum atomic E-state index is 14.8. The van der Waals surface area contributed by atoms with Gasteiger partial charge in [-0.25, -0.2) is 24.1 Å². The number of thioether (sulfide) groups is 1. The summed E-state index contributed by atoms with van der Waals surface area (Å²) in [5.74, 6) is -0.409. The number of carbonyl (C=O) groups excluding carboxylic acids is 1. The lowest BCUT2D eigenvalue weighted by atomic mass is 10.0. The number of rotatable bonds is 3. The summed E-state index contributed by atoms with van der Waals surface area (Å²) in [7, 11) is 0. The summed E-state index contributed by atoms with van der Waals surface area (Å²) in [6.07, 6.45) is 2.83. The Hall–Kier alpha value is -1.62. The molecule has 1 amide bonds. The molecule has 32 heavy (non-hydrogen) atoms. The number of halogens is 3. The lowest BCUT2D eigenvalue weighted by Gasteiger charge is -2.47. The number of hydrogen-bond acceptors (Lipinski definition) is 8. The third kappa shape index (κ3) is 4.06. The van der Waals surface area contributed by atoms with Gasteiger partial charge in [-0.1, -0.05) is 35.0 Å². The van der Waals surface area contributed by atoms with Gasteiger partial charge in [0, 0.05) is 6.54 Å². The minimum Gasteiger partial charge on any atom is -0.444 e. The van der Waals surface area contributed by atoms with Gasteiger partial charge in [-0.2, -0.15) is 0 Å². The van der Waals surface area contributed by atoms with E-state index >= 15 is 0 Å². The number of aliphatic hydroxyl groups excluding tert-OH is 1. The zero-order valence-corrected chi connectivity index (χ0v) is 20.4. The molecule has 2 aromatic rings. The highest BCUT2D eigenvalue weighted by Crippen LogP contribution is 2.41. The Morgan fingerprint density at radius 1 is 1.25 bits per heavy atom. The van der Waals surface area contributed by atoms with E-state index in [1.165, 1.54) is 11.8 Å². The van der Waals surface area contributed by atoms with E-state index in [4.69, 9.17) is 27.9 Å². The van der Waals surface area contributed by atoms with Crippen molar-refractivity contribution in [1.29, 1.82) is 0 Å². The summed E-state index contributed by atoms with van der Waals surface area (Å²) >= 11 is 13.5. The smallest absolute Gasteiger partial charge is 0.410 e. The quantitative estimate of drug-likeness (QED) is 0.379. The number of amides is 1. The number of piperazine rings is 1. The van der Waals surface area contributed by atoms with E-state index < -0.39 is 23.6 Å². The summed E-state index contributed by atoms with van der Waals surface area (Å²) < 4.78 is 20.4. The van der Waals surface area contributed by atoms with E-state index in [0.29, 0.717) is 23.9 Å². The van der Waals surface area contributed by atoms with E-state index in [0.717, 1.165) is 6.42 Å². The van der Waals surface area contributed by atoms with Gasteiger partial charge in [0.15, 0.2) is 16.1 Å². The van der Waals surface area contributed by atoms with E-state index in [1.54, 1.807) is 11.2 Å². The van der Waals surface area contributed by atoms with Crippen LogP contribution in [0.1, 0.15) is 33.6 Å². The zero-order valence-electron chi connectivity index (χ0n) is 18.1. The fourth-order valence-corrected chi connectivity index (χ4v) is 5.30. The predicted octanol–water partition coefficient (Wildman–Crippen LogP) is 4.14. The first-order chi connectivity index (χ1) is 15.1. The molecule has 8 nitrogen and oxygen atoms in total. The second-order valence-electron chi connectivity index (χ2n) is 8.85. The first kappa shape index (κ1) is 23.5. The molecule has 2 aliphatic rings. The van der Waals surface area contributed by atoms with E-state index in [9.17, 15) is 14.3 Å². The van der Waals surface area contributed by atoms with Gasteiger partial charge in [0.25, 0.3) is 0 Å². The Labute approximate surface area is 199 Å². The van der Waals surface area contributed by atoms with Crippen LogP contribution in [0.3, 0.4) is 0 Å². The molecular weight excluding hydrogens is 480 g/mol. The molecule has 0 radical (unpaired) electrons. The Bertz CT molecular complexity index is 1070. The Morgan fingerprint density at radius 3 is 2.59 bits per heavy atom. The number of carbonyl (C=O) groups is 1. The minimum atomic E-state index is -0.777. The topological polar surface area (TPSA) is 91.7 Å². The molecule has 2 aromatic heterocycles. The van der Waals surface area contributed by atoms with E-state index in [2.05, 4.69) is 15.0 Å². The zero-order chi connectivity index (χ0) is 23.4. The number of anilines is 1. The Balaban J connectivity index is 1.80. The number of aromatic nitrogens is 3. The largest absolute Gasteiger partial charge is 0.444 e. The molecule has 0 saturated carbocycles. The maximum Gasteiger partial charge on any atom is 0.410 e. The summed E-state index contributed by atoms with van der Waals surface area (Å²) in [5, 5.41) is 10.5. The van der Waals surface area contributed by atoms with Crippen LogP contribution < -0.4 is 4.90 Å². The summed E-state index contributed by atoms with van der Waals surface area (Å²) in [5.41, 5.74) is -0.656. The summed E-state index contributed by atoms with van der Waals surface area (Å²) in [6, 6.07) is -0.923. The van der Waals surface area contributed by atoms with Crippen molar-refractivity contribution in [3.05, 3.63) is 16.1 Å². The van der Waals surface area contributed by atoms with E-state index in [1.807, 2.05) is 25.7 Å². The Morgan fingerprint density at radius 2 is 1.97 bits per heavy atom. The molecule has 2 fully saturated rings. The molecule has 0 spiro atoms. The van der Waals surface area contributed by atoms with Crippen LogP contribution in [0.4, 0.5) is 15.0 Å². The molecular formula is C20H24Cl2FN5O3S. The van der Waals surface area contributed by atoms with Gasteiger partial charge < -0.3 is 14.7 Å². The van der Waals surface area contributed by atoms with E-state index in [-0.39, 0.29) is 39.9 Å². The number of ether oxygens (including phenoxy) is 1. The van der Waals surface area contributed by atoms with Gasteiger partial charge in [0.1, 0.15) is 22.1 Å². The number of fused-ring (bicyclic) bond motifs is 3. The first-order valence-corrected chi connectivity index (χ1v) is 12.2. The van der Waals surface area contributed by atoms with Crippen molar-refractivity contribution in [2.45, 2.75) is 62.5 Å². The lowest BCUT2D eigenvalue weighted by molar-refractivity contribution is 0.00460. The molecule has 2 saturated heterocycles. The minimum absolute atomic E-state index is 0.0207. The third-order valence-corrected chi connectivity index (χ3v) is 6.78. The van der Waals surface area contributed by atoms with Crippen LogP contribution in [0.25, 0.3) is 10.9 Å². The molecule has 4 rings (SSSR count). The number of aliphatic hydroxyl groups is 1. The average molecular weight is 504 g/mol. The van der Waals surface area contributed by atoms with Gasteiger partial charge >= 0.3 is 6.09 Å². The van der Waals surface area contributed by atoms with Crippen LogP contribution in [-0.2, 0) is 4.74 Å². The highest BCUT2D eigenvalue weighted by Gasteiger charge is 2.50. The van der Waals surface area contributed by atoms with Crippen LogP contribution in [0.5, 0.6) is 0 Å².